The predicted octanol–water partition coefficient (Wildman–Crippen LogP) is 4.54. The molecule has 3 aliphatic rings. The molecule has 2 saturated heterocycles. The molecule has 0 saturated carbocycles. The van der Waals surface area contributed by atoms with E-state index in [4.69, 9.17) is 15.2 Å². The number of ether oxygens (including phenoxy) is 2. The first kappa shape index (κ1) is 27.5. The smallest absolute Gasteiger partial charge is 0.272 e. The molecule has 3 atom stereocenters. The summed E-state index contributed by atoms with van der Waals surface area (Å²) >= 11 is 0. The molecule has 0 bridgehead atoms. The quantitative estimate of drug-likeness (QED) is 0.290. The maximum Gasteiger partial charge on any atom is 0.272 e. The zero-order valence-electron chi connectivity index (χ0n) is 23.4. The summed E-state index contributed by atoms with van der Waals surface area (Å²) in [5.41, 5.74) is 8.77. The number of hydrazone groups is 1. The second-order valence-corrected chi connectivity index (χ2v) is 11.1. The molecule has 2 aromatic carbocycles. The maximum atomic E-state index is 13.8. The summed E-state index contributed by atoms with van der Waals surface area (Å²) in [6.07, 6.45) is 6.44. The minimum absolute atomic E-state index is 0.0344. The minimum atomic E-state index is -0.717. The highest BCUT2D eigenvalue weighted by atomic mass is 16.5. The van der Waals surface area contributed by atoms with Crippen LogP contribution in [0.15, 0.2) is 53.6 Å². The largest absolute Gasteiger partial charge is 0.474 e. The first-order chi connectivity index (χ1) is 19.0. The van der Waals surface area contributed by atoms with Gasteiger partial charge in [-0.25, -0.2) is 0 Å². The third kappa shape index (κ3) is 6.56. The molecular weight excluding hydrogens is 490 g/mol. The molecule has 0 radical (unpaired) electrons. The van der Waals surface area contributed by atoms with E-state index >= 15 is 0 Å². The topological polar surface area (TPSA) is 83.6 Å². The maximum absolute atomic E-state index is 13.8. The molecule has 3 unspecified atom stereocenters. The van der Waals surface area contributed by atoms with E-state index < -0.39 is 6.10 Å². The SMILES string of the molecule is CC1CCCC(C)N1CCCCCN1C(=O)C(c2cccc(/C(N)=N/N3CCOCC3)c2)Oc2ccccc21. The number of unbranched alkanes of at least 4 members (excludes halogenated alkanes) is 2. The van der Waals surface area contributed by atoms with Crippen LogP contribution in [0.2, 0.25) is 0 Å². The lowest BCUT2D eigenvalue weighted by atomic mass is 9.97. The normalized spacial score (nSPS) is 24.4. The van der Waals surface area contributed by atoms with Gasteiger partial charge < -0.3 is 20.1 Å². The molecule has 2 fully saturated rings. The van der Waals surface area contributed by atoms with Gasteiger partial charge in [0.1, 0.15) is 5.75 Å². The number of carbonyl (C=O) groups excluding carboxylic acids is 1. The van der Waals surface area contributed by atoms with Gasteiger partial charge in [0.05, 0.1) is 32.0 Å². The highest BCUT2D eigenvalue weighted by Crippen LogP contribution is 2.39. The van der Waals surface area contributed by atoms with Gasteiger partial charge in [0.25, 0.3) is 5.91 Å². The lowest BCUT2D eigenvalue weighted by molar-refractivity contribution is -0.126. The summed E-state index contributed by atoms with van der Waals surface area (Å²) in [6, 6.07) is 16.9. The number of benzene rings is 2. The Morgan fingerprint density at radius 3 is 2.51 bits per heavy atom. The van der Waals surface area contributed by atoms with Crippen molar-refractivity contribution in [2.45, 2.75) is 70.6 Å². The summed E-state index contributed by atoms with van der Waals surface area (Å²) in [6.45, 7) is 9.26. The van der Waals surface area contributed by atoms with Crippen molar-refractivity contribution in [3.8, 4) is 5.75 Å². The van der Waals surface area contributed by atoms with Gasteiger partial charge in [0.15, 0.2) is 5.84 Å². The zero-order valence-corrected chi connectivity index (χ0v) is 23.4. The Kier molecular flexibility index (Phi) is 9.04. The van der Waals surface area contributed by atoms with E-state index in [-0.39, 0.29) is 5.91 Å². The lowest BCUT2D eigenvalue weighted by Crippen LogP contribution is -2.44. The molecule has 210 valence electrons. The Morgan fingerprint density at radius 1 is 0.974 bits per heavy atom. The highest BCUT2D eigenvalue weighted by molar-refractivity contribution is 6.01. The molecule has 0 spiro atoms. The highest BCUT2D eigenvalue weighted by Gasteiger charge is 2.35. The number of piperidine rings is 1. The average molecular weight is 534 g/mol. The first-order valence-corrected chi connectivity index (χ1v) is 14.6. The number of carbonyl (C=O) groups is 1. The van der Waals surface area contributed by atoms with Crippen molar-refractivity contribution < 1.29 is 14.3 Å². The van der Waals surface area contributed by atoms with Crippen LogP contribution in [0, 0.1) is 0 Å². The third-order valence-electron chi connectivity index (χ3n) is 8.29. The number of rotatable bonds is 9. The van der Waals surface area contributed by atoms with Crippen molar-refractivity contribution in [1.82, 2.24) is 9.91 Å². The zero-order chi connectivity index (χ0) is 27.2. The Morgan fingerprint density at radius 2 is 1.72 bits per heavy atom. The molecule has 39 heavy (non-hydrogen) atoms. The molecule has 1 amide bonds. The fraction of sp³-hybridized carbons (Fsp3) is 0.548. The van der Waals surface area contributed by atoms with Crippen molar-refractivity contribution in [3.05, 3.63) is 59.7 Å². The third-order valence-corrected chi connectivity index (χ3v) is 8.29. The molecule has 2 aromatic rings. The number of nitrogens with two attached hydrogens (primary N) is 1. The van der Waals surface area contributed by atoms with E-state index in [9.17, 15) is 4.79 Å². The van der Waals surface area contributed by atoms with Crippen LogP contribution in [-0.4, -0.2) is 73.1 Å². The van der Waals surface area contributed by atoms with Crippen LogP contribution in [-0.2, 0) is 9.53 Å². The number of likely N-dealkylation sites (tertiary alicyclic amines) is 1. The summed E-state index contributed by atoms with van der Waals surface area (Å²) < 4.78 is 11.7. The molecule has 3 aliphatic heterocycles. The number of hydrogen-bond acceptors (Lipinski definition) is 6. The molecular formula is C31H43N5O3. The van der Waals surface area contributed by atoms with E-state index in [1.54, 1.807) is 0 Å². The van der Waals surface area contributed by atoms with Crippen molar-refractivity contribution in [2.24, 2.45) is 10.8 Å². The first-order valence-electron chi connectivity index (χ1n) is 14.6. The number of anilines is 1. The Hall–Kier alpha value is -3.10. The Labute approximate surface area is 232 Å². The molecule has 3 heterocycles. The average Bonchev–Trinajstić information content (AvgIpc) is 2.95. The van der Waals surface area contributed by atoms with E-state index in [2.05, 4.69) is 23.8 Å². The summed E-state index contributed by atoms with van der Waals surface area (Å²) in [7, 11) is 0. The van der Waals surface area contributed by atoms with Crippen LogP contribution < -0.4 is 15.4 Å². The molecule has 0 aromatic heterocycles. The monoisotopic (exact) mass is 533 g/mol. The molecule has 8 heteroatoms. The van der Waals surface area contributed by atoms with Crippen LogP contribution in [0.3, 0.4) is 0 Å². The number of amidine groups is 1. The van der Waals surface area contributed by atoms with Crippen LogP contribution in [0.5, 0.6) is 5.75 Å². The fourth-order valence-corrected chi connectivity index (χ4v) is 6.04. The van der Waals surface area contributed by atoms with Crippen LogP contribution in [0.1, 0.15) is 69.6 Å². The van der Waals surface area contributed by atoms with E-state index in [0.717, 1.165) is 48.4 Å². The predicted molar refractivity (Wildman–Crippen MR) is 155 cm³/mol. The summed E-state index contributed by atoms with van der Waals surface area (Å²) in [5, 5.41) is 6.50. The van der Waals surface area contributed by atoms with Crippen molar-refractivity contribution >= 4 is 17.4 Å². The number of fused-ring (bicyclic) bond motifs is 1. The van der Waals surface area contributed by atoms with Gasteiger partial charge in [-0.05, 0) is 64.3 Å². The summed E-state index contributed by atoms with van der Waals surface area (Å²) in [4.78, 5) is 18.4. The Balaban J connectivity index is 1.25. The minimum Gasteiger partial charge on any atom is -0.474 e. The van der Waals surface area contributed by atoms with Gasteiger partial charge >= 0.3 is 0 Å². The molecule has 5 rings (SSSR count). The van der Waals surface area contributed by atoms with Gasteiger partial charge in [-0.15, -0.1) is 0 Å². The van der Waals surface area contributed by atoms with Gasteiger partial charge in [0.2, 0.25) is 6.10 Å². The van der Waals surface area contributed by atoms with Gasteiger partial charge in [0, 0.05) is 29.8 Å². The van der Waals surface area contributed by atoms with Gasteiger partial charge in [-0.3, -0.25) is 14.7 Å². The van der Waals surface area contributed by atoms with Crippen LogP contribution >= 0.6 is 0 Å². The summed E-state index contributed by atoms with van der Waals surface area (Å²) in [5.74, 6) is 1.13. The standard InChI is InChI=1S/C31H43N5O3/c1-23-10-8-11-24(2)35(23)16-6-3-7-17-36-27-14-4-5-15-28(27)39-29(31(36)37)25-12-9-13-26(22-25)30(32)33-34-18-20-38-21-19-34/h4-5,9,12-15,22-24,29H,3,6-8,10-11,16-21H2,1-2H3,(H2,32,33). The van der Waals surface area contributed by atoms with Gasteiger partial charge in [-0.1, -0.05) is 43.2 Å². The van der Waals surface area contributed by atoms with Crippen molar-refractivity contribution in [3.63, 3.8) is 0 Å². The number of hydrogen-bond donors (Lipinski definition) is 1. The Bertz CT molecular complexity index is 1140. The van der Waals surface area contributed by atoms with Crippen molar-refractivity contribution in [2.75, 3.05) is 44.3 Å². The van der Waals surface area contributed by atoms with E-state index in [1.165, 1.54) is 19.3 Å². The van der Waals surface area contributed by atoms with Crippen LogP contribution in [0.25, 0.3) is 0 Å². The number of amides is 1. The van der Waals surface area contributed by atoms with E-state index in [0.29, 0.717) is 50.8 Å². The number of morpholine rings is 1. The second-order valence-electron chi connectivity index (χ2n) is 11.1. The van der Waals surface area contributed by atoms with Crippen molar-refractivity contribution in [1.29, 1.82) is 0 Å². The molecule has 2 N–H and O–H groups in total. The number of para-hydroxylation sites is 2. The second kappa shape index (κ2) is 12.8. The fourth-order valence-electron chi connectivity index (χ4n) is 6.04. The lowest BCUT2D eigenvalue weighted by Gasteiger charge is -2.39. The van der Waals surface area contributed by atoms with E-state index in [1.807, 2.05) is 58.4 Å². The molecule has 0 aliphatic carbocycles. The van der Waals surface area contributed by atoms with Crippen LogP contribution in [0.4, 0.5) is 5.69 Å². The van der Waals surface area contributed by atoms with Gasteiger partial charge in [-0.2, -0.15) is 5.10 Å². The molecule has 8 nitrogen and oxygen atoms in total. The number of nitrogens with zero attached hydrogens (tertiary/aromatic N) is 4.